The maximum absolute atomic E-state index is 11.8. The van der Waals surface area contributed by atoms with Gasteiger partial charge in [0.1, 0.15) is 13.2 Å². The molecule has 0 radical (unpaired) electrons. The quantitative estimate of drug-likeness (QED) is 0.391. The molecule has 0 aromatic rings. The Kier molecular flexibility index (Phi) is 14.7. The van der Waals surface area contributed by atoms with Gasteiger partial charge in [-0.3, -0.25) is 0 Å². The van der Waals surface area contributed by atoms with Gasteiger partial charge in [0.25, 0.3) is 12.5 Å². The smallest absolute Gasteiger partial charge is 0.317 e. The van der Waals surface area contributed by atoms with Gasteiger partial charge in [-0.25, -0.2) is 4.79 Å². The zero-order valence-electron chi connectivity index (χ0n) is 14.1. The van der Waals surface area contributed by atoms with Crippen LogP contribution in [0.25, 0.3) is 0 Å². The molecule has 0 aromatic heterocycles. The van der Waals surface area contributed by atoms with Crippen molar-refractivity contribution in [1.82, 2.24) is 10.2 Å². The van der Waals surface area contributed by atoms with E-state index < -0.39 is 0 Å². The highest BCUT2D eigenvalue weighted by Gasteiger charge is 2.06. The molecular formula is C16H28N4O3. The maximum atomic E-state index is 11.8. The summed E-state index contributed by atoms with van der Waals surface area (Å²) in [6.45, 7) is 2.37. The van der Waals surface area contributed by atoms with Crippen molar-refractivity contribution in [3.05, 3.63) is 0 Å². The second-order valence-electron chi connectivity index (χ2n) is 5.36. The molecule has 0 saturated heterocycles. The standard InChI is InChI=1S/C16H28N4O3/c1-20(11-7-3-5-9-13-23-15-18)16(21)19-10-6-2-4-8-12-22-14-17/h2-13H2,1H3,(H,19,21). The summed E-state index contributed by atoms with van der Waals surface area (Å²) in [6.07, 6.45) is 11.0. The highest BCUT2D eigenvalue weighted by molar-refractivity contribution is 5.73. The lowest BCUT2D eigenvalue weighted by molar-refractivity contribution is 0.207. The Morgan fingerprint density at radius 3 is 2.00 bits per heavy atom. The first-order valence-corrected chi connectivity index (χ1v) is 8.23. The molecule has 0 fully saturated rings. The summed E-state index contributed by atoms with van der Waals surface area (Å²) in [5.41, 5.74) is 0. The highest BCUT2D eigenvalue weighted by atomic mass is 16.5. The first-order valence-electron chi connectivity index (χ1n) is 8.23. The summed E-state index contributed by atoms with van der Waals surface area (Å²) >= 11 is 0. The molecule has 0 spiro atoms. The van der Waals surface area contributed by atoms with Crippen LogP contribution in [-0.4, -0.2) is 44.3 Å². The van der Waals surface area contributed by atoms with Crippen molar-refractivity contribution in [2.75, 3.05) is 33.4 Å². The summed E-state index contributed by atoms with van der Waals surface area (Å²) in [5.74, 6) is 0. The van der Waals surface area contributed by atoms with Crippen LogP contribution in [-0.2, 0) is 9.47 Å². The van der Waals surface area contributed by atoms with E-state index in [0.717, 1.165) is 57.9 Å². The molecular weight excluding hydrogens is 296 g/mol. The van der Waals surface area contributed by atoms with E-state index >= 15 is 0 Å². The lowest BCUT2D eigenvalue weighted by Crippen LogP contribution is -2.38. The van der Waals surface area contributed by atoms with E-state index in [1.165, 1.54) is 0 Å². The molecule has 0 heterocycles. The summed E-state index contributed by atoms with van der Waals surface area (Å²) < 4.78 is 9.19. The number of ether oxygens (including phenoxy) is 2. The van der Waals surface area contributed by atoms with E-state index in [9.17, 15) is 4.79 Å². The Morgan fingerprint density at radius 2 is 1.43 bits per heavy atom. The number of urea groups is 1. The van der Waals surface area contributed by atoms with E-state index in [-0.39, 0.29) is 6.03 Å². The number of amides is 2. The second kappa shape index (κ2) is 16.2. The molecule has 7 nitrogen and oxygen atoms in total. The van der Waals surface area contributed by atoms with Crippen molar-refractivity contribution in [1.29, 1.82) is 10.5 Å². The lowest BCUT2D eigenvalue weighted by Gasteiger charge is -2.17. The van der Waals surface area contributed by atoms with Crippen LogP contribution < -0.4 is 5.32 Å². The molecule has 0 saturated carbocycles. The van der Waals surface area contributed by atoms with Crippen LogP contribution in [0, 0.1) is 23.0 Å². The van der Waals surface area contributed by atoms with Crippen LogP contribution in [0.5, 0.6) is 0 Å². The Morgan fingerprint density at radius 1 is 0.913 bits per heavy atom. The van der Waals surface area contributed by atoms with Gasteiger partial charge in [-0.15, -0.1) is 0 Å². The summed E-state index contributed by atoms with van der Waals surface area (Å²) in [5, 5.41) is 19.3. The molecule has 0 aliphatic rings. The minimum absolute atomic E-state index is 0.0365. The lowest BCUT2D eigenvalue weighted by atomic mass is 10.2. The zero-order valence-corrected chi connectivity index (χ0v) is 14.1. The number of nitrogens with zero attached hydrogens (tertiary/aromatic N) is 3. The molecule has 0 unspecified atom stereocenters. The van der Waals surface area contributed by atoms with E-state index in [0.29, 0.717) is 19.8 Å². The molecule has 1 N–H and O–H groups in total. The van der Waals surface area contributed by atoms with Crippen LogP contribution in [0.3, 0.4) is 0 Å². The van der Waals surface area contributed by atoms with Crippen LogP contribution in [0.2, 0.25) is 0 Å². The minimum atomic E-state index is -0.0365. The van der Waals surface area contributed by atoms with Gasteiger partial charge >= 0.3 is 6.03 Å². The monoisotopic (exact) mass is 324 g/mol. The maximum Gasteiger partial charge on any atom is 0.317 e. The Labute approximate surface area is 139 Å². The fraction of sp³-hybridized carbons (Fsp3) is 0.812. The number of nitriles is 2. The molecule has 0 atom stereocenters. The van der Waals surface area contributed by atoms with E-state index in [4.69, 9.17) is 10.5 Å². The Hall–Kier alpha value is -2.15. The van der Waals surface area contributed by atoms with E-state index in [2.05, 4.69) is 14.8 Å². The minimum Gasteiger partial charge on any atom is -0.428 e. The zero-order chi connectivity index (χ0) is 17.2. The molecule has 2 amide bonds. The predicted molar refractivity (Wildman–Crippen MR) is 86.1 cm³/mol. The number of carbonyl (C=O) groups is 1. The largest absolute Gasteiger partial charge is 0.428 e. The molecule has 23 heavy (non-hydrogen) atoms. The third-order valence-corrected chi connectivity index (χ3v) is 3.42. The number of unbranched alkanes of at least 4 members (excludes halogenated alkanes) is 6. The average molecular weight is 324 g/mol. The molecule has 0 aromatic carbocycles. The Balaban J connectivity index is 3.38. The molecule has 0 rings (SSSR count). The predicted octanol–water partition coefficient (Wildman–Crippen LogP) is 2.74. The first-order chi connectivity index (χ1) is 11.2. The number of hydrogen-bond acceptors (Lipinski definition) is 5. The number of hydrogen-bond donors (Lipinski definition) is 1. The third kappa shape index (κ3) is 14.5. The van der Waals surface area contributed by atoms with Gasteiger partial charge in [-0.2, -0.15) is 10.5 Å². The molecule has 0 bridgehead atoms. The first kappa shape index (κ1) is 20.9. The number of rotatable bonds is 14. The summed E-state index contributed by atoms with van der Waals surface area (Å²) in [6, 6.07) is -0.0365. The second-order valence-corrected chi connectivity index (χ2v) is 5.36. The van der Waals surface area contributed by atoms with Gasteiger partial charge in [0.15, 0.2) is 0 Å². The molecule has 130 valence electrons. The van der Waals surface area contributed by atoms with Crippen LogP contribution in [0.15, 0.2) is 0 Å². The fourth-order valence-electron chi connectivity index (χ4n) is 2.05. The van der Waals surface area contributed by atoms with Crippen LogP contribution >= 0.6 is 0 Å². The molecule has 0 aliphatic carbocycles. The Bertz CT molecular complexity index is 377. The van der Waals surface area contributed by atoms with Gasteiger partial charge in [0.2, 0.25) is 0 Å². The highest BCUT2D eigenvalue weighted by Crippen LogP contribution is 2.02. The van der Waals surface area contributed by atoms with Gasteiger partial charge < -0.3 is 19.7 Å². The average Bonchev–Trinajstić information content (AvgIpc) is 2.56. The van der Waals surface area contributed by atoms with Gasteiger partial charge in [0, 0.05) is 20.1 Å². The van der Waals surface area contributed by atoms with Crippen molar-refractivity contribution in [3.8, 4) is 12.5 Å². The van der Waals surface area contributed by atoms with Crippen molar-refractivity contribution >= 4 is 6.03 Å². The van der Waals surface area contributed by atoms with Crippen LogP contribution in [0.1, 0.15) is 51.4 Å². The van der Waals surface area contributed by atoms with Gasteiger partial charge in [0.05, 0.1) is 0 Å². The molecule has 7 heteroatoms. The number of nitrogens with one attached hydrogen (secondary N) is 1. The summed E-state index contributed by atoms with van der Waals surface area (Å²) in [7, 11) is 1.80. The van der Waals surface area contributed by atoms with Crippen molar-refractivity contribution in [2.45, 2.75) is 51.4 Å². The SMILES string of the molecule is CN(CCCCCCOC#N)C(=O)NCCCCCCOC#N. The topological polar surface area (TPSA) is 98.4 Å². The van der Waals surface area contributed by atoms with Gasteiger partial charge in [-0.05, 0) is 38.5 Å². The normalized spacial score (nSPS) is 9.52. The van der Waals surface area contributed by atoms with Crippen molar-refractivity contribution < 1.29 is 14.3 Å². The van der Waals surface area contributed by atoms with E-state index in [1.54, 1.807) is 24.5 Å². The van der Waals surface area contributed by atoms with Crippen molar-refractivity contribution in [2.24, 2.45) is 0 Å². The molecule has 0 aliphatic heterocycles. The number of carbonyl (C=O) groups excluding carboxylic acids is 1. The summed E-state index contributed by atoms with van der Waals surface area (Å²) in [4.78, 5) is 13.5. The van der Waals surface area contributed by atoms with Gasteiger partial charge in [-0.1, -0.05) is 12.8 Å². The third-order valence-electron chi connectivity index (χ3n) is 3.42. The van der Waals surface area contributed by atoms with Crippen LogP contribution in [0.4, 0.5) is 4.79 Å². The van der Waals surface area contributed by atoms with Crippen molar-refractivity contribution in [3.63, 3.8) is 0 Å². The van der Waals surface area contributed by atoms with E-state index in [1.807, 2.05) is 0 Å². The fourth-order valence-corrected chi connectivity index (χ4v) is 2.05.